The molecule has 1 amide bonds. The summed E-state index contributed by atoms with van der Waals surface area (Å²) in [6.07, 6.45) is 3.13. The van der Waals surface area contributed by atoms with Gasteiger partial charge in [0.1, 0.15) is 0 Å². The van der Waals surface area contributed by atoms with Crippen LogP contribution in [0.15, 0.2) is 18.2 Å². The Kier molecular flexibility index (Phi) is 4.68. The lowest BCUT2D eigenvalue weighted by atomic mass is 10.1. The maximum atomic E-state index is 12.1. The molecule has 6 nitrogen and oxygen atoms in total. The van der Waals surface area contributed by atoms with Crippen LogP contribution in [0.25, 0.3) is 0 Å². The lowest BCUT2D eigenvalue weighted by Gasteiger charge is -2.16. The van der Waals surface area contributed by atoms with Gasteiger partial charge in [0.15, 0.2) is 0 Å². The van der Waals surface area contributed by atoms with Crippen LogP contribution in [-0.4, -0.2) is 30.0 Å². The zero-order chi connectivity index (χ0) is 14.5. The highest BCUT2D eigenvalue weighted by atomic mass is 16.6. The number of nitro groups is 1. The minimum absolute atomic E-state index is 0.0170. The fraction of sp³-hybridized carbons (Fsp3) is 0.500. The number of carbonyl (C=O) groups excluding carboxylic acids is 1. The topological polar surface area (TPSA) is 84.3 Å². The van der Waals surface area contributed by atoms with Crippen LogP contribution in [0.4, 0.5) is 5.69 Å². The van der Waals surface area contributed by atoms with Gasteiger partial charge in [-0.2, -0.15) is 0 Å². The molecule has 0 saturated carbocycles. The first-order chi connectivity index (χ1) is 9.58. The quantitative estimate of drug-likeness (QED) is 0.651. The van der Waals surface area contributed by atoms with Gasteiger partial charge in [0.05, 0.1) is 4.92 Å². The molecule has 1 heterocycles. The normalized spacial score (nSPS) is 19.1. The van der Waals surface area contributed by atoms with Crippen molar-refractivity contribution >= 4 is 11.6 Å². The second-order valence-electron chi connectivity index (χ2n) is 5.13. The largest absolute Gasteiger partial charge is 0.348 e. The van der Waals surface area contributed by atoms with E-state index < -0.39 is 4.92 Å². The molecule has 0 radical (unpaired) electrons. The molecule has 0 aliphatic carbocycles. The zero-order valence-corrected chi connectivity index (χ0v) is 11.5. The van der Waals surface area contributed by atoms with Gasteiger partial charge in [-0.25, -0.2) is 0 Å². The van der Waals surface area contributed by atoms with E-state index in [1.165, 1.54) is 6.07 Å². The summed E-state index contributed by atoms with van der Waals surface area (Å²) in [4.78, 5) is 22.6. The summed E-state index contributed by atoms with van der Waals surface area (Å²) in [6, 6.07) is 4.67. The van der Waals surface area contributed by atoms with E-state index in [2.05, 4.69) is 10.6 Å². The highest BCUT2D eigenvalue weighted by molar-refractivity contribution is 5.95. The third kappa shape index (κ3) is 3.54. The van der Waals surface area contributed by atoms with E-state index in [0.29, 0.717) is 11.1 Å². The van der Waals surface area contributed by atoms with Gasteiger partial charge in [0, 0.05) is 29.8 Å². The van der Waals surface area contributed by atoms with Crippen molar-refractivity contribution in [1.29, 1.82) is 0 Å². The molecule has 0 spiro atoms. The number of amides is 1. The Labute approximate surface area is 117 Å². The molecular weight excluding hydrogens is 258 g/mol. The number of nitro benzene ring substituents is 1. The molecule has 2 N–H and O–H groups in total. The first-order valence-electron chi connectivity index (χ1n) is 6.84. The van der Waals surface area contributed by atoms with Crippen LogP contribution in [0, 0.1) is 17.0 Å². The molecule has 20 heavy (non-hydrogen) atoms. The van der Waals surface area contributed by atoms with Crippen LogP contribution in [-0.2, 0) is 0 Å². The maximum absolute atomic E-state index is 12.1. The number of nitrogens with zero attached hydrogens (tertiary/aromatic N) is 1. The molecule has 108 valence electrons. The van der Waals surface area contributed by atoms with E-state index in [0.717, 1.165) is 32.4 Å². The summed E-state index contributed by atoms with van der Waals surface area (Å²) >= 11 is 0. The smallest absolute Gasteiger partial charge is 0.273 e. The molecule has 1 aromatic carbocycles. The summed E-state index contributed by atoms with van der Waals surface area (Å²) in [5.74, 6) is -0.248. The molecule has 1 atom stereocenters. The fourth-order valence-corrected chi connectivity index (χ4v) is 2.36. The SMILES string of the molecule is Cc1ccc(C(=O)NC2CCCCNC2)cc1[N+](=O)[O-]. The minimum Gasteiger partial charge on any atom is -0.348 e. The van der Waals surface area contributed by atoms with Gasteiger partial charge in [-0.1, -0.05) is 12.5 Å². The van der Waals surface area contributed by atoms with Gasteiger partial charge < -0.3 is 10.6 Å². The monoisotopic (exact) mass is 277 g/mol. The number of rotatable bonds is 3. The van der Waals surface area contributed by atoms with Crippen molar-refractivity contribution in [3.63, 3.8) is 0 Å². The standard InChI is InChI=1S/C14H19N3O3/c1-10-5-6-11(8-13(10)17(19)20)14(18)16-12-4-2-3-7-15-9-12/h5-6,8,12,15H,2-4,7,9H2,1H3,(H,16,18). The molecule has 0 aromatic heterocycles. The predicted octanol–water partition coefficient (Wildman–Crippen LogP) is 1.78. The van der Waals surface area contributed by atoms with Crippen LogP contribution in [0.1, 0.15) is 35.2 Å². The van der Waals surface area contributed by atoms with E-state index in [1.807, 2.05) is 0 Å². The summed E-state index contributed by atoms with van der Waals surface area (Å²) in [6.45, 7) is 3.39. The molecular formula is C14H19N3O3. The van der Waals surface area contributed by atoms with Crippen LogP contribution < -0.4 is 10.6 Å². The van der Waals surface area contributed by atoms with Crippen molar-refractivity contribution in [3.05, 3.63) is 39.4 Å². The van der Waals surface area contributed by atoms with Crippen molar-refractivity contribution < 1.29 is 9.72 Å². The Morgan fingerprint density at radius 1 is 1.45 bits per heavy atom. The third-order valence-electron chi connectivity index (χ3n) is 3.55. The van der Waals surface area contributed by atoms with Gasteiger partial charge in [-0.05, 0) is 32.4 Å². The number of hydrogen-bond acceptors (Lipinski definition) is 4. The minimum atomic E-state index is -0.459. The van der Waals surface area contributed by atoms with E-state index in [9.17, 15) is 14.9 Å². The van der Waals surface area contributed by atoms with Gasteiger partial charge in [-0.3, -0.25) is 14.9 Å². The number of hydrogen-bond donors (Lipinski definition) is 2. The maximum Gasteiger partial charge on any atom is 0.273 e. The highest BCUT2D eigenvalue weighted by Crippen LogP contribution is 2.19. The summed E-state index contributed by atoms with van der Waals surface area (Å²) in [5.41, 5.74) is 0.880. The Morgan fingerprint density at radius 3 is 3.00 bits per heavy atom. The molecule has 1 saturated heterocycles. The number of nitrogens with one attached hydrogen (secondary N) is 2. The Hall–Kier alpha value is -1.95. The molecule has 1 aliphatic heterocycles. The van der Waals surface area contributed by atoms with Crippen LogP contribution >= 0.6 is 0 Å². The number of benzene rings is 1. The molecule has 0 bridgehead atoms. The van der Waals surface area contributed by atoms with Crippen LogP contribution in [0.2, 0.25) is 0 Å². The van der Waals surface area contributed by atoms with Crippen LogP contribution in [0.5, 0.6) is 0 Å². The van der Waals surface area contributed by atoms with Gasteiger partial charge >= 0.3 is 0 Å². The summed E-state index contributed by atoms with van der Waals surface area (Å²) in [5, 5.41) is 17.1. The molecule has 1 unspecified atom stereocenters. The molecule has 1 aliphatic rings. The second-order valence-corrected chi connectivity index (χ2v) is 5.13. The average molecular weight is 277 g/mol. The third-order valence-corrected chi connectivity index (χ3v) is 3.55. The number of carbonyl (C=O) groups is 1. The van der Waals surface area contributed by atoms with Gasteiger partial charge in [0.25, 0.3) is 11.6 Å². The Balaban J connectivity index is 2.08. The summed E-state index contributed by atoms with van der Waals surface area (Å²) in [7, 11) is 0. The van der Waals surface area contributed by atoms with Crippen molar-refractivity contribution in [2.45, 2.75) is 32.2 Å². The van der Waals surface area contributed by atoms with Crippen molar-refractivity contribution in [1.82, 2.24) is 10.6 Å². The molecule has 1 fully saturated rings. The summed E-state index contributed by atoms with van der Waals surface area (Å²) < 4.78 is 0. The lowest BCUT2D eigenvalue weighted by Crippen LogP contribution is -2.40. The lowest BCUT2D eigenvalue weighted by molar-refractivity contribution is -0.385. The molecule has 6 heteroatoms. The molecule has 1 aromatic rings. The van der Waals surface area contributed by atoms with Gasteiger partial charge in [0.2, 0.25) is 0 Å². The van der Waals surface area contributed by atoms with Gasteiger partial charge in [-0.15, -0.1) is 0 Å². The van der Waals surface area contributed by atoms with Crippen molar-refractivity contribution in [3.8, 4) is 0 Å². The van der Waals surface area contributed by atoms with Crippen LogP contribution in [0.3, 0.4) is 0 Å². The molecule has 2 rings (SSSR count). The zero-order valence-electron chi connectivity index (χ0n) is 11.5. The van der Waals surface area contributed by atoms with Crippen molar-refractivity contribution in [2.75, 3.05) is 13.1 Å². The first-order valence-corrected chi connectivity index (χ1v) is 6.84. The van der Waals surface area contributed by atoms with E-state index in [-0.39, 0.29) is 17.6 Å². The average Bonchev–Trinajstić information content (AvgIpc) is 2.67. The van der Waals surface area contributed by atoms with Crippen molar-refractivity contribution in [2.24, 2.45) is 0 Å². The highest BCUT2D eigenvalue weighted by Gasteiger charge is 2.18. The first kappa shape index (κ1) is 14.5. The number of aryl methyl sites for hydroxylation is 1. The Bertz CT molecular complexity index is 508. The Morgan fingerprint density at radius 2 is 2.25 bits per heavy atom. The predicted molar refractivity (Wildman–Crippen MR) is 75.8 cm³/mol. The van der Waals surface area contributed by atoms with E-state index in [1.54, 1.807) is 19.1 Å². The fourth-order valence-electron chi connectivity index (χ4n) is 2.36. The van der Waals surface area contributed by atoms with E-state index in [4.69, 9.17) is 0 Å². The van der Waals surface area contributed by atoms with E-state index >= 15 is 0 Å². The second kappa shape index (κ2) is 6.47.